The Morgan fingerprint density at radius 2 is 1.70 bits per heavy atom. The number of hydrogen-bond donors (Lipinski definition) is 1. The number of nitrogens with one attached hydrogen (secondary N) is 1. The second-order valence-corrected chi connectivity index (χ2v) is 6.84. The Labute approximate surface area is 174 Å². The molecular formula is C24H23NO5. The first kappa shape index (κ1) is 21.0. The van der Waals surface area contributed by atoms with Gasteiger partial charge in [0.2, 0.25) is 5.91 Å². The summed E-state index contributed by atoms with van der Waals surface area (Å²) in [7, 11) is 1.50. The van der Waals surface area contributed by atoms with E-state index in [1.54, 1.807) is 18.2 Å². The highest BCUT2D eigenvalue weighted by Gasteiger charge is 2.12. The Morgan fingerprint density at radius 1 is 0.933 bits per heavy atom. The highest BCUT2D eigenvalue weighted by Crippen LogP contribution is 2.21. The summed E-state index contributed by atoms with van der Waals surface area (Å²) in [5, 5.41) is 4.66. The minimum absolute atomic E-state index is 0.0533. The lowest BCUT2D eigenvalue weighted by molar-refractivity contribution is -0.145. The summed E-state index contributed by atoms with van der Waals surface area (Å²) in [6.45, 7) is 1.17. The minimum Gasteiger partial charge on any atom is -0.496 e. The van der Waals surface area contributed by atoms with Gasteiger partial charge in [0, 0.05) is 11.1 Å². The van der Waals surface area contributed by atoms with E-state index >= 15 is 0 Å². The topological polar surface area (TPSA) is 81.7 Å². The molecule has 0 radical (unpaired) electrons. The van der Waals surface area contributed by atoms with Gasteiger partial charge in [0.25, 0.3) is 0 Å². The monoisotopic (exact) mass is 405 g/mol. The molecule has 1 amide bonds. The number of fused-ring (bicyclic) bond motifs is 1. The second kappa shape index (κ2) is 9.69. The van der Waals surface area contributed by atoms with Gasteiger partial charge in [-0.1, -0.05) is 42.5 Å². The van der Waals surface area contributed by atoms with E-state index in [-0.39, 0.29) is 31.3 Å². The van der Waals surface area contributed by atoms with Gasteiger partial charge in [-0.15, -0.1) is 0 Å². The SMILES string of the molecule is COc1ccc(C(C)=O)cc1COC(=O)CNC(=O)Cc1cccc2ccccc12. The van der Waals surface area contributed by atoms with E-state index in [2.05, 4.69) is 5.32 Å². The van der Waals surface area contributed by atoms with Crippen molar-refractivity contribution in [3.05, 3.63) is 77.4 Å². The molecule has 0 heterocycles. The summed E-state index contributed by atoms with van der Waals surface area (Å²) in [6.07, 6.45) is 0.170. The van der Waals surface area contributed by atoms with Crippen LogP contribution in [0.25, 0.3) is 10.8 Å². The second-order valence-electron chi connectivity index (χ2n) is 6.84. The van der Waals surface area contributed by atoms with Gasteiger partial charge in [-0.3, -0.25) is 14.4 Å². The first-order valence-electron chi connectivity index (χ1n) is 9.54. The van der Waals surface area contributed by atoms with Crippen LogP contribution in [-0.2, 0) is 27.4 Å². The van der Waals surface area contributed by atoms with Crippen molar-refractivity contribution in [2.45, 2.75) is 20.0 Å². The van der Waals surface area contributed by atoms with Crippen LogP contribution in [0.4, 0.5) is 0 Å². The summed E-state index contributed by atoms with van der Waals surface area (Å²) in [5.74, 6) is -0.408. The van der Waals surface area contributed by atoms with Crippen molar-refractivity contribution in [3.63, 3.8) is 0 Å². The summed E-state index contributed by atoms with van der Waals surface area (Å²) < 4.78 is 10.5. The maximum absolute atomic E-state index is 12.3. The molecule has 30 heavy (non-hydrogen) atoms. The number of esters is 1. The third-order valence-electron chi connectivity index (χ3n) is 4.74. The van der Waals surface area contributed by atoms with E-state index in [4.69, 9.17) is 9.47 Å². The zero-order valence-electron chi connectivity index (χ0n) is 16.9. The highest BCUT2D eigenvalue weighted by molar-refractivity contribution is 5.94. The molecule has 154 valence electrons. The van der Waals surface area contributed by atoms with Crippen molar-refractivity contribution < 1.29 is 23.9 Å². The van der Waals surface area contributed by atoms with Crippen LogP contribution in [0.5, 0.6) is 5.75 Å². The van der Waals surface area contributed by atoms with Crippen molar-refractivity contribution in [2.24, 2.45) is 0 Å². The molecule has 0 saturated heterocycles. The Kier molecular flexibility index (Phi) is 6.80. The lowest BCUT2D eigenvalue weighted by Crippen LogP contribution is -2.31. The number of hydrogen-bond acceptors (Lipinski definition) is 5. The van der Waals surface area contributed by atoms with Crippen LogP contribution in [0, 0.1) is 0 Å². The Morgan fingerprint density at radius 3 is 2.47 bits per heavy atom. The van der Waals surface area contributed by atoms with Crippen molar-refractivity contribution >= 4 is 28.4 Å². The predicted octanol–water partition coefficient (Wildman–Crippen LogP) is 3.45. The average Bonchev–Trinajstić information content (AvgIpc) is 2.76. The van der Waals surface area contributed by atoms with E-state index in [1.807, 2.05) is 42.5 Å². The number of Topliss-reactive ketones (excluding diaryl/α,β-unsaturated/α-hetero) is 1. The van der Waals surface area contributed by atoms with Crippen LogP contribution in [0.3, 0.4) is 0 Å². The molecule has 0 unspecified atom stereocenters. The van der Waals surface area contributed by atoms with Crippen LogP contribution in [0.2, 0.25) is 0 Å². The molecule has 6 nitrogen and oxygen atoms in total. The summed E-state index contributed by atoms with van der Waals surface area (Å²) in [6, 6.07) is 18.6. The lowest BCUT2D eigenvalue weighted by atomic mass is 10.0. The van der Waals surface area contributed by atoms with E-state index < -0.39 is 5.97 Å². The highest BCUT2D eigenvalue weighted by atomic mass is 16.5. The molecule has 0 spiro atoms. The molecule has 0 atom stereocenters. The molecule has 0 aromatic heterocycles. The fraction of sp³-hybridized carbons (Fsp3) is 0.208. The predicted molar refractivity (Wildman–Crippen MR) is 113 cm³/mol. The van der Waals surface area contributed by atoms with Crippen molar-refractivity contribution in [1.29, 1.82) is 0 Å². The molecule has 0 aliphatic heterocycles. The van der Waals surface area contributed by atoms with Crippen LogP contribution >= 0.6 is 0 Å². The number of amides is 1. The third kappa shape index (κ3) is 5.23. The third-order valence-corrected chi connectivity index (χ3v) is 4.74. The van der Waals surface area contributed by atoms with Crippen molar-refractivity contribution in [2.75, 3.05) is 13.7 Å². The van der Waals surface area contributed by atoms with E-state index in [1.165, 1.54) is 14.0 Å². The standard InChI is InChI=1S/C24H23NO5/c1-16(26)18-10-11-22(29-2)20(12-18)15-30-24(28)14-25-23(27)13-19-8-5-7-17-6-3-4-9-21(17)19/h3-12H,13-15H2,1-2H3,(H,25,27). The smallest absolute Gasteiger partial charge is 0.325 e. The van der Waals surface area contributed by atoms with Gasteiger partial charge in [0.1, 0.15) is 18.9 Å². The maximum atomic E-state index is 12.3. The van der Waals surface area contributed by atoms with Gasteiger partial charge in [-0.2, -0.15) is 0 Å². The van der Waals surface area contributed by atoms with E-state index in [0.717, 1.165) is 16.3 Å². The van der Waals surface area contributed by atoms with Crippen molar-refractivity contribution in [1.82, 2.24) is 5.32 Å². The Balaban J connectivity index is 1.54. The molecule has 1 N–H and O–H groups in total. The molecule has 3 rings (SSSR count). The number of methoxy groups -OCH3 is 1. The van der Waals surface area contributed by atoms with E-state index in [9.17, 15) is 14.4 Å². The normalized spacial score (nSPS) is 10.5. The summed E-state index contributed by atoms with van der Waals surface area (Å²) in [5.41, 5.74) is 1.98. The molecule has 0 aliphatic carbocycles. The molecule has 3 aromatic carbocycles. The number of ketones is 1. The largest absolute Gasteiger partial charge is 0.496 e. The molecule has 0 aliphatic rings. The molecule has 6 heteroatoms. The molecule has 0 fully saturated rings. The van der Waals surface area contributed by atoms with E-state index in [0.29, 0.717) is 16.9 Å². The van der Waals surface area contributed by atoms with Gasteiger partial charge in [0.15, 0.2) is 5.78 Å². The van der Waals surface area contributed by atoms with Crippen LogP contribution in [0.15, 0.2) is 60.7 Å². The van der Waals surface area contributed by atoms with Crippen LogP contribution < -0.4 is 10.1 Å². The molecule has 3 aromatic rings. The fourth-order valence-corrected chi connectivity index (χ4v) is 3.17. The molecule has 0 bridgehead atoms. The molecular weight excluding hydrogens is 382 g/mol. The number of carbonyl (C=O) groups excluding carboxylic acids is 3. The van der Waals surface area contributed by atoms with Gasteiger partial charge >= 0.3 is 5.97 Å². The fourth-order valence-electron chi connectivity index (χ4n) is 3.17. The number of benzene rings is 3. The first-order valence-corrected chi connectivity index (χ1v) is 9.54. The Hall–Kier alpha value is -3.67. The lowest BCUT2D eigenvalue weighted by Gasteiger charge is -2.11. The van der Waals surface area contributed by atoms with Gasteiger partial charge in [0.05, 0.1) is 13.5 Å². The quantitative estimate of drug-likeness (QED) is 0.459. The van der Waals surface area contributed by atoms with Gasteiger partial charge < -0.3 is 14.8 Å². The van der Waals surface area contributed by atoms with Gasteiger partial charge in [-0.05, 0) is 41.5 Å². The zero-order chi connectivity index (χ0) is 21.5. The number of carbonyl (C=O) groups is 3. The zero-order valence-corrected chi connectivity index (χ0v) is 16.9. The minimum atomic E-state index is -0.573. The first-order chi connectivity index (χ1) is 14.5. The van der Waals surface area contributed by atoms with Gasteiger partial charge in [-0.25, -0.2) is 0 Å². The number of rotatable bonds is 8. The molecule has 0 saturated carbocycles. The summed E-state index contributed by atoms with van der Waals surface area (Å²) in [4.78, 5) is 35.9. The maximum Gasteiger partial charge on any atom is 0.325 e. The van der Waals surface area contributed by atoms with Crippen LogP contribution in [-0.4, -0.2) is 31.3 Å². The summed E-state index contributed by atoms with van der Waals surface area (Å²) >= 11 is 0. The number of ether oxygens (including phenoxy) is 2. The van der Waals surface area contributed by atoms with Crippen LogP contribution in [0.1, 0.15) is 28.4 Å². The average molecular weight is 405 g/mol. The Bertz CT molecular complexity index is 1080. The van der Waals surface area contributed by atoms with Crippen molar-refractivity contribution in [3.8, 4) is 5.75 Å².